The Morgan fingerprint density at radius 1 is 1.28 bits per heavy atom. The second kappa shape index (κ2) is 5.74. The van der Waals surface area contributed by atoms with Gasteiger partial charge in [-0.15, -0.1) is 0 Å². The average molecular weight is 288 g/mol. The normalized spacial score (nSPS) is 12.7. The van der Waals surface area contributed by atoms with Crippen LogP contribution < -0.4 is 5.32 Å². The average Bonchev–Trinajstić information content (AvgIpc) is 2.75. The molecule has 1 unspecified atom stereocenters. The first kappa shape index (κ1) is 13.4. The summed E-state index contributed by atoms with van der Waals surface area (Å²) in [5.74, 6) is 0.359. The molecular formula is C13H12Cl2FNO. The van der Waals surface area contributed by atoms with E-state index in [1.54, 1.807) is 31.3 Å². The zero-order valence-electron chi connectivity index (χ0n) is 9.71. The van der Waals surface area contributed by atoms with Crippen LogP contribution in [0.5, 0.6) is 0 Å². The lowest BCUT2D eigenvalue weighted by atomic mass is 10.0. The van der Waals surface area contributed by atoms with E-state index in [1.165, 1.54) is 6.07 Å². The van der Waals surface area contributed by atoms with Gasteiger partial charge in [-0.25, -0.2) is 4.39 Å². The summed E-state index contributed by atoms with van der Waals surface area (Å²) in [4.78, 5) is 0. The zero-order valence-corrected chi connectivity index (χ0v) is 11.2. The third-order valence-corrected chi connectivity index (χ3v) is 3.16. The number of likely N-dealkylation sites (N-methyl/N-ethyl adjacent to an activating group) is 1. The number of furan rings is 1. The summed E-state index contributed by atoms with van der Waals surface area (Å²) in [7, 11) is 1.79. The van der Waals surface area contributed by atoms with E-state index in [4.69, 9.17) is 27.6 Å². The molecular weight excluding hydrogens is 276 g/mol. The van der Waals surface area contributed by atoms with Gasteiger partial charge in [-0.1, -0.05) is 17.7 Å². The van der Waals surface area contributed by atoms with Crippen molar-refractivity contribution in [2.24, 2.45) is 0 Å². The Bertz CT molecular complexity index is 542. The van der Waals surface area contributed by atoms with Crippen LogP contribution in [-0.2, 0) is 6.42 Å². The molecule has 0 aliphatic rings. The molecule has 0 bridgehead atoms. The maximum atomic E-state index is 13.7. The van der Waals surface area contributed by atoms with E-state index in [2.05, 4.69) is 5.32 Å². The standard InChI is InChI=1S/C13H12Cl2FNO/c1-17-11(12-4-5-13(15)18-12)6-8-2-3-9(14)7-10(8)16/h2-5,7,11,17H,6H2,1H3. The molecule has 0 saturated heterocycles. The van der Waals surface area contributed by atoms with Gasteiger partial charge in [0.2, 0.25) is 0 Å². The predicted molar refractivity (Wildman–Crippen MR) is 70.6 cm³/mol. The van der Waals surface area contributed by atoms with Crippen LogP contribution in [0.25, 0.3) is 0 Å². The van der Waals surface area contributed by atoms with E-state index in [0.29, 0.717) is 28.0 Å². The quantitative estimate of drug-likeness (QED) is 0.910. The van der Waals surface area contributed by atoms with E-state index < -0.39 is 0 Å². The van der Waals surface area contributed by atoms with Crippen LogP contribution in [0.15, 0.2) is 34.7 Å². The number of nitrogens with one attached hydrogen (secondary N) is 1. The second-order valence-electron chi connectivity index (χ2n) is 3.92. The SMILES string of the molecule is CNC(Cc1ccc(Cl)cc1F)c1ccc(Cl)o1. The molecule has 0 saturated carbocycles. The Kier molecular flexibility index (Phi) is 4.27. The zero-order chi connectivity index (χ0) is 13.1. The number of halogens is 3. The van der Waals surface area contributed by atoms with Crippen LogP contribution in [0.4, 0.5) is 4.39 Å². The number of benzene rings is 1. The summed E-state index contributed by atoms with van der Waals surface area (Å²) in [6, 6.07) is 7.96. The number of rotatable bonds is 4. The van der Waals surface area contributed by atoms with Gasteiger partial charge in [-0.2, -0.15) is 0 Å². The highest BCUT2D eigenvalue weighted by Crippen LogP contribution is 2.25. The molecule has 1 aromatic heterocycles. The fourth-order valence-corrected chi connectivity index (χ4v) is 2.08. The second-order valence-corrected chi connectivity index (χ2v) is 4.73. The van der Waals surface area contributed by atoms with Gasteiger partial charge >= 0.3 is 0 Å². The minimum absolute atomic E-state index is 0.131. The van der Waals surface area contributed by atoms with Gasteiger partial charge in [0, 0.05) is 5.02 Å². The first-order valence-corrected chi connectivity index (χ1v) is 6.22. The molecule has 5 heteroatoms. The highest BCUT2D eigenvalue weighted by Gasteiger charge is 2.16. The maximum absolute atomic E-state index is 13.7. The summed E-state index contributed by atoms with van der Waals surface area (Å²) >= 11 is 11.4. The van der Waals surface area contributed by atoms with Crippen molar-refractivity contribution < 1.29 is 8.81 Å². The van der Waals surface area contributed by atoms with Crippen molar-refractivity contribution in [1.29, 1.82) is 0 Å². The van der Waals surface area contributed by atoms with E-state index >= 15 is 0 Å². The first-order chi connectivity index (χ1) is 8.60. The summed E-state index contributed by atoms with van der Waals surface area (Å²) in [5, 5.41) is 3.78. The van der Waals surface area contributed by atoms with Crippen molar-refractivity contribution in [3.8, 4) is 0 Å². The fourth-order valence-electron chi connectivity index (χ4n) is 1.77. The molecule has 0 radical (unpaired) electrons. The molecule has 1 heterocycles. The van der Waals surface area contributed by atoms with E-state index in [1.807, 2.05) is 0 Å². The van der Waals surface area contributed by atoms with Crippen LogP contribution in [-0.4, -0.2) is 7.05 Å². The molecule has 2 rings (SSSR count). The minimum atomic E-state index is -0.319. The van der Waals surface area contributed by atoms with Crippen LogP contribution >= 0.6 is 23.2 Å². The smallest absolute Gasteiger partial charge is 0.193 e. The molecule has 96 valence electrons. The monoisotopic (exact) mass is 287 g/mol. The van der Waals surface area contributed by atoms with Gasteiger partial charge in [0.25, 0.3) is 0 Å². The van der Waals surface area contributed by atoms with Gasteiger partial charge in [-0.05, 0) is 54.9 Å². The van der Waals surface area contributed by atoms with Crippen molar-refractivity contribution >= 4 is 23.2 Å². The predicted octanol–water partition coefficient (Wildman–Crippen LogP) is 4.23. The molecule has 0 spiro atoms. The highest BCUT2D eigenvalue weighted by molar-refractivity contribution is 6.30. The van der Waals surface area contributed by atoms with E-state index in [-0.39, 0.29) is 11.9 Å². The molecule has 2 nitrogen and oxygen atoms in total. The molecule has 1 atom stereocenters. The third-order valence-electron chi connectivity index (χ3n) is 2.73. The number of hydrogen-bond donors (Lipinski definition) is 1. The first-order valence-electron chi connectivity index (χ1n) is 5.46. The molecule has 0 fully saturated rings. The lowest BCUT2D eigenvalue weighted by Crippen LogP contribution is -2.18. The van der Waals surface area contributed by atoms with E-state index in [0.717, 1.165) is 0 Å². The lowest BCUT2D eigenvalue weighted by Gasteiger charge is -2.14. The summed E-state index contributed by atoms with van der Waals surface area (Å²) in [6.45, 7) is 0. The van der Waals surface area contributed by atoms with Crippen molar-refractivity contribution in [1.82, 2.24) is 5.32 Å². The van der Waals surface area contributed by atoms with Crippen molar-refractivity contribution in [2.75, 3.05) is 7.05 Å². The Morgan fingerprint density at radius 3 is 2.61 bits per heavy atom. The lowest BCUT2D eigenvalue weighted by molar-refractivity contribution is 0.426. The molecule has 1 aromatic carbocycles. The fraction of sp³-hybridized carbons (Fsp3) is 0.231. The molecule has 0 aliphatic carbocycles. The molecule has 18 heavy (non-hydrogen) atoms. The number of hydrogen-bond acceptors (Lipinski definition) is 2. The summed E-state index contributed by atoms with van der Waals surface area (Å²) in [5.41, 5.74) is 0.575. The van der Waals surface area contributed by atoms with Gasteiger partial charge in [0.15, 0.2) is 5.22 Å². The summed E-state index contributed by atoms with van der Waals surface area (Å²) < 4.78 is 19.0. The largest absolute Gasteiger partial charge is 0.448 e. The molecule has 2 aromatic rings. The Morgan fingerprint density at radius 2 is 2.06 bits per heavy atom. The third kappa shape index (κ3) is 3.05. The topological polar surface area (TPSA) is 25.2 Å². The highest BCUT2D eigenvalue weighted by atomic mass is 35.5. The molecule has 1 N–H and O–H groups in total. The van der Waals surface area contributed by atoms with Crippen LogP contribution in [0.2, 0.25) is 10.2 Å². The molecule has 0 amide bonds. The molecule has 0 aliphatic heterocycles. The van der Waals surface area contributed by atoms with Gasteiger partial charge in [-0.3, -0.25) is 0 Å². The summed E-state index contributed by atoms with van der Waals surface area (Å²) in [6.07, 6.45) is 0.462. The van der Waals surface area contributed by atoms with Crippen molar-refractivity contribution in [3.05, 3.63) is 57.7 Å². The van der Waals surface area contributed by atoms with Gasteiger partial charge in [0.1, 0.15) is 11.6 Å². The van der Waals surface area contributed by atoms with Gasteiger partial charge < -0.3 is 9.73 Å². The minimum Gasteiger partial charge on any atom is -0.448 e. The Hall–Kier alpha value is -1.03. The Balaban J connectivity index is 2.20. The maximum Gasteiger partial charge on any atom is 0.193 e. The van der Waals surface area contributed by atoms with Crippen LogP contribution in [0, 0.1) is 5.82 Å². The van der Waals surface area contributed by atoms with E-state index in [9.17, 15) is 4.39 Å². The van der Waals surface area contributed by atoms with Crippen molar-refractivity contribution in [2.45, 2.75) is 12.5 Å². The van der Waals surface area contributed by atoms with Crippen LogP contribution in [0.1, 0.15) is 17.4 Å². The van der Waals surface area contributed by atoms with Crippen LogP contribution in [0.3, 0.4) is 0 Å². The van der Waals surface area contributed by atoms with Gasteiger partial charge in [0.05, 0.1) is 6.04 Å². The Labute approximate surface area is 115 Å². The van der Waals surface area contributed by atoms with Crippen molar-refractivity contribution in [3.63, 3.8) is 0 Å².